The lowest BCUT2D eigenvalue weighted by Crippen LogP contribution is -1.78. The van der Waals surface area contributed by atoms with E-state index < -0.39 is 0 Å². The van der Waals surface area contributed by atoms with E-state index in [9.17, 15) is 0 Å². The second-order valence-corrected chi connectivity index (χ2v) is 3.47. The van der Waals surface area contributed by atoms with Crippen molar-refractivity contribution in [3.05, 3.63) is 34.0 Å². The molecule has 0 atom stereocenters. The van der Waals surface area contributed by atoms with Crippen LogP contribution >= 0.6 is 22.6 Å². The maximum absolute atomic E-state index is 8.69. The van der Waals surface area contributed by atoms with Crippen LogP contribution in [0.1, 0.15) is 5.69 Å². The molecular formula is C9H4IN3O. The molecule has 2 aromatic heterocycles. The average molecular weight is 297 g/mol. The van der Waals surface area contributed by atoms with Crippen molar-refractivity contribution in [2.75, 3.05) is 0 Å². The Morgan fingerprint density at radius 1 is 1.36 bits per heavy atom. The van der Waals surface area contributed by atoms with Crippen molar-refractivity contribution in [3.8, 4) is 17.5 Å². The third kappa shape index (κ3) is 1.61. The molecule has 0 saturated carbocycles. The van der Waals surface area contributed by atoms with Gasteiger partial charge < -0.3 is 4.42 Å². The van der Waals surface area contributed by atoms with Crippen LogP contribution in [0.5, 0.6) is 0 Å². The SMILES string of the molecule is N#Cc1nc(-c2ccncc2)oc1I. The van der Waals surface area contributed by atoms with Gasteiger partial charge in [-0.25, -0.2) is 0 Å². The summed E-state index contributed by atoms with van der Waals surface area (Å²) in [4.78, 5) is 7.92. The zero-order valence-corrected chi connectivity index (χ0v) is 9.09. The summed E-state index contributed by atoms with van der Waals surface area (Å²) in [6, 6.07) is 5.52. The standard InChI is InChI=1S/C9H4IN3O/c10-8-7(5-11)13-9(14-8)6-1-3-12-4-2-6/h1-4H. The van der Waals surface area contributed by atoms with E-state index in [-0.39, 0.29) is 0 Å². The van der Waals surface area contributed by atoms with Crippen LogP contribution in [0.2, 0.25) is 0 Å². The normalized spacial score (nSPS) is 9.71. The van der Waals surface area contributed by atoms with E-state index in [1.165, 1.54) is 0 Å². The molecule has 0 aliphatic heterocycles. The zero-order valence-electron chi connectivity index (χ0n) is 6.94. The second kappa shape index (κ2) is 3.75. The molecule has 0 N–H and O–H groups in total. The van der Waals surface area contributed by atoms with Gasteiger partial charge in [-0.3, -0.25) is 4.98 Å². The van der Waals surface area contributed by atoms with Crippen molar-refractivity contribution in [1.82, 2.24) is 9.97 Å². The first kappa shape index (κ1) is 9.15. The first-order valence-corrected chi connectivity index (χ1v) is 4.86. The van der Waals surface area contributed by atoms with Crippen molar-refractivity contribution in [3.63, 3.8) is 0 Å². The number of hydrogen-bond acceptors (Lipinski definition) is 4. The molecule has 2 rings (SSSR count). The first-order chi connectivity index (χ1) is 6.81. The number of halogens is 1. The smallest absolute Gasteiger partial charge is 0.228 e. The fraction of sp³-hybridized carbons (Fsp3) is 0. The van der Waals surface area contributed by atoms with E-state index in [0.717, 1.165) is 5.56 Å². The lowest BCUT2D eigenvalue weighted by atomic mass is 10.3. The minimum Gasteiger partial charge on any atom is -0.429 e. The second-order valence-electron chi connectivity index (χ2n) is 2.49. The Balaban J connectivity index is 2.50. The molecule has 0 fully saturated rings. The first-order valence-electron chi connectivity index (χ1n) is 3.78. The van der Waals surface area contributed by atoms with Gasteiger partial charge in [0, 0.05) is 40.5 Å². The molecule has 0 aliphatic carbocycles. The Labute approximate surface area is 93.7 Å². The fourth-order valence-electron chi connectivity index (χ4n) is 0.988. The molecule has 0 amide bonds. The maximum atomic E-state index is 8.69. The van der Waals surface area contributed by atoms with Gasteiger partial charge in [-0.05, 0) is 12.1 Å². The summed E-state index contributed by atoms with van der Waals surface area (Å²) in [5.41, 5.74) is 1.14. The van der Waals surface area contributed by atoms with Crippen molar-refractivity contribution in [1.29, 1.82) is 5.26 Å². The third-order valence-electron chi connectivity index (χ3n) is 1.62. The summed E-state index contributed by atoms with van der Waals surface area (Å²) in [6.07, 6.45) is 3.30. The molecule has 0 saturated heterocycles. The zero-order chi connectivity index (χ0) is 9.97. The van der Waals surface area contributed by atoms with Crippen molar-refractivity contribution in [2.24, 2.45) is 0 Å². The fourth-order valence-corrected chi connectivity index (χ4v) is 1.44. The molecule has 0 spiro atoms. The van der Waals surface area contributed by atoms with Gasteiger partial charge in [0.1, 0.15) is 6.07 Å². The number of oxazole rings is 1. The molecule has 0 unspecified atom stereocenters. The van der Waals surface area contributed by atoms with Crippen LogP contribution in [0.25, 0.3) is 11.5 Å². The number of nitrogens with zero attached hydrogens (tertiary/aromatic N) is 3. The van der Waals surface area contributed by atoms with Gasteiger partial charge in [0.2, 0.25) is 9.66 Å². The minimum atomic E-state index is 0.317. The minimum absolute atomic E-state index is 0.317. The largest absolute Gasteiger partial charge is 0.429 e. The summed E-state index contributed by atoms with van der Waals surface area (Å²) in [5.74, 6) is 0.452. The summed E-state index contributed by atoms with van der Waals surface area (Å²) < 4.78 is 5.83. The van der Waals surface area contributed by atoms with Crippen LogP contribution in [-0.4, -0.2) is 9.97 Å². The molecule has 0 aromatic carbocycles. The van der Waals surface area contributed by atoms with Crippen LogP contribution in [-0.2, 0) is 0 Å². The predicted molar refractivity (Wildman–Crippen MR) is 57.2 cm³/mol. The Morgan fingerprint density at radius 2 is 2.07 bits per heavy atom. The van der Waals surface area contributed by atoms with E-state index in [1.807, 2.05) is 28.7 Å². The van der Waals surface area contributed by atoms with E-state index in [2.05, 4.69) is 9.97 Å². The summed E-state index contributed by atoms with van der Waals surface area (Å²) in [6.45, 7) is 0. The van der Waals surface area contributed by atoms with Crippen molar-refractivity contribution < 1.29 is 4.42 Å². The Hall–Kier alpha value is -1.42. The van der Waals surface area contributed by atoms with Gasteiger partial charge in [0.15, 0.2) is 5.69 Å². The van der Waals surface area contributed by atoms with Crippen molar-refractivity contribution in [2.45, 2.75) is 0 Å². The molecule has 14 heavy (non-hydrogen) atoms. The third-order valence-corrected chi connectivity index (χ3v) is 2.35. The van der Waals surface area contributed by atoms with E-state index in [0.29, 0.717) is 15.4 Å². The molecule has 0 bridgehead atoms. The monoisotopic (exact) mass is 297 g/mol. The van der Waals surface area contributed by atoms with Gasteiger partial charge in [-0.15, -0.1) is 0 Å². The van der Waals surface area contributed by atoms with E-state index in [1.54, 1.807) is 24.5 Å². The predicted octanol–water partition coefficient (Wildman–Crippen LogP) is 2.21. The van der Waals surface area contributed by atoms with Gasteiger partial charge in [-0.1, -0.05) is 0 Å². The number of aromatic nitrogens is 2. The molecule has 4 nitrogen and oxygen atoms in total. The van der Waals surface area contributed by atoms with Gasteiger partial charge >= 0.3 is 0 Å². The van der Waals surface area contributed by atoms with Crippen LogP contribution in [0.15, 0.2) is 28.9 Å². The molecule has 0 radical (unpaired) electrons. The molecule has 2 aromatic rings. The topological polar surface area (TPSA) is 62.7 Å². The summed E-state index contributed by atoms with van der Waals surface area (Å²) >= 11 is 1.94. The highest BCUT2D eigenvalue weighted by Crippen LogP contribution is 2.21. The Bertz CT molecular complexity index is 487. The number of hydrogen-bond donors (Lipinski definition) is 0. The van der Waals surface area contributed by atoms with Crippen LogP contribution in [0.4, 0.5) is 0 Å². The molecule has 5 heteroatoms. The molecule has 2 heterocycles. The molecule has 0 aliphatic rings. The van der Waals surface area contributed by atoms with Gasteiger partial charge in [0.25, 0.3) is 0 Å². The highest BCUT2D eigenvalue weighted by molar-refractivity contribution is 14.1. The van der Waals surface area contributed by atoms with E-state index >= 15 is 0 Å². The van der Waals surface area contributed by atoms with Crippen molar-refractivity contribution >= 4 is 22.6 Å². The highest BCUT2D eigenvalue weighted by Gasteiger charge is 2.11. The Morgan fingerprint density at radius 3 is 2.64 bits per heavy atom. The van der Waals surface area contributed by atoms with Crippen LogP contribution in [0.3, 0.4) is 0 Å². The van der Waals surface area contributed by atoms with E-state index in [4.69, 9.17) is 9.68 Å². The summed E-state index contributed by atoms with van der Waals surface area (Å²) in [5, 5.41) is 8.69. The maximum Gasteiger partial charge on any atom is 0.228 e. The number of pyridine rings is 1. The Kier molecular flexibility index (Phi) is 2.45. The lowest BCUT2D eigenvalue weighted by Gasteiger charge is -1.90. The average Bonchev–Trinajstić information content (AvgIpc) is 2.61. The van der Waals surface area contributed by atoms with Gasteiger partial charge in [0.05, 0.1) is 0 Å². The van der Waals surface area contributed by atoms with Gasteiger partial charge in [-0.2, -0.15) is 10.2 Å². The molecular weight excluding hydrogens is 293 g/mol. The highest BCUT2D eigenvalue weighted by atomic mass is 127. The summed E-state index contributed by atoms with van der Waals surface area (Å²) in [7, 11) is 0. The van der Waals surface area contributed by atoms with Crippen LogP contribution in [0, 0.1) is 15.1 Å². The lowest BCUT2D eigenvalue weighted by molar-refractivity contribution is 0.545. The number of nitriles is 1. The molecule has 68 valence electrons. The quantitative estimate of drug-likeness (QED) is 0.757. The number of rotatable bonds is 1. The van der Waals surface area contributed by atoms with Crippen LogP contribution < -0.4 is 0 Å².